The minimum Gasteiger partial charge on any atom is -0.377 e. The smallest absolute Gasteiger partial charge is 0.116 e. The van der Waals surface area contributed by atoms with E-state index in [0.29, 0.717) is 0 Å². The first-order chi connectivity index (χ1) is 7.59. The first-order valence-corrected chi connectivity index (χ1v) is 6.10. The number of hydrogen-bond acceptors (Lipinski definition) is 4. The van der Waals surface area contributed by atoms with Crippen LogP contribution in [0.3, 0.4) is 0 Å². The average Bonchev–Trinajstić information content (AvgIpc) is 2.43. The maximum atomic E-state index is 9.21. The number of nitriles is 1. The van der Waals surface area contributed by atoms with Gasteiger partial charge in [-0.05, 0) is 26.8 Å². The average molecular weight is 225 g/mol. The summed E-state index contributed by atoms with van der Waals surface area (Å²) in [5, 5.41) is 12.5. The molecule has 1 heterocycles. The maximum Gasteiger partial charge on any atom is 0.116 e. The summed E-state index contributed by atoms with van der Waals surface area (Å²) < 4.78 is 5.60. The lowest BCUT2D eigenvalue weighted by molar-refractivity contribution is 0.0653. The lowest BCUT2D eigenvalue weighted by atomic mass is 10.0. The molecule has 2 atom stereocenters. The second-order valence-corrected chi connectivity index (χ2v) is 4.74. The molecule has 2 unspecified atom stereocenters. The van der Waals surface area contributed by atoms with E-state index in [1.54, 1.807) is 0 Å². The highest BCUT2D eigenvalue weighted by molar-refractivity contribution is 5.05. The van der Waals surface area contributed by atoms with Crippen molar-refractivity contribution in [3.63, 3.8) is 0 Å². The second kappa shape index (κ2) is 6.19. The standard InChI is InChI=1S/C12H23N3O/c1-4-14-12(3,9-13)10-15-6-5-7-16-11(2)8-15/h11,14H,4-8,10H2,1-3H3. The summed E-state index contributed by atoms with van der Waals surface area (Å²) >= 11 is 0. The molecule has 0 aromatic rings. The predicted molar refractivity (Wildman–Crippen MR) is 64.2 cm³/mol. The number of likely N-dealkylation sites (N-methyl/N-ethyl adjacent to an activating group) is 1. The summed E-state index contributed by atoms with van der Waals surface area (Å²) in [4.78, 5) is 2.32. The summed E-state index contributed by atoms with van der Waals surface area (Å²) in [5.41, 5.74) is -0.446. The van der Waals surface area contributed by atoms with Gasteiger partial charge in [-0.2, -0.15) is 5.26 Å². The number of nitrogens with one attached hydrogen (secondary N) is 1. The van der Waals surface area contributed by atoms with Gasteiger partial charge in [0.05, 0.1) is 12.2 Å². The molecule has 0 amide bonds. The van der Waals surface area contributed by atoms with Crippen molar-refractivity contribution >= 4 is 0 Å². The highest BCUT2D eigenvalue weighted by atomic mass is 16.5. The SMILES string of the molecule is CCNC(C)(C#N)CN1CCCOC(C)C1. The summed E-state index contributed by atoms with van der Waals surface area (Å²) in [5.74, 6) is 0. The van der Waals surface area contributed by atoms with E-state index in [-0.39, 0.29) is 6.10 Å². The van der Waals surface area contributed by atoms with Crippen molar-refractivity contribution in [2.45, 2.75) is 38.8 Å². The van der Waals surface area contributed by atoms with Crippen LogP contribution in [0.5, 0.6) is 0 Å². The van der Waals surface area contributed by atoms with E-state index in [1.165, 1.54) is 0 Å². The molecule has 1 aliphatic rings. The van der Waals surface area contributed by atoms with Gasteiger partial charge in [-0.25, -0.2) is 0 Å². The maximum absolute atomic E-state index is 9.21. The minimum absolute atomic E-state index is 0.270. The first-order valence-electron chi connectivity index (χ1n) is 6.10. The normalized spacial score (nSPS) is 26.8. The molecule has 1 saturated heterocycles. The molecule has 4 heteroatoms. The quantitative estimate of drug-likeness (QED) is 0.775. The summed E-state index contributed by atoms with van der Waals surface area (Å²) in [6, 6.07) is 2.37. The lowest BCUT2D eigenvalue weighted by Gasteiger charge is -2.30. The minimum atomic E-state index is -0.446. The number of nitrogens with zero attached hydrogens (tertiary/aromatic N) is 2. The van der Waals surface area contributed by atoms with Gasteiger partial charge < -0.3 is 4.74 Å². The van der Waals surface area contributed by atoms with E-state index >= 15 is 0 Å². The number of hydrogen-bond donors (Lipinski definition) is 1. The Morgan fingerprint density at radius 3 is 3.00 bits per heavy atom. The Labute approximate surface area is 98.6 Å². The molecule has 0 aliphatic carbocycles. The zero-order chi connectivity index (χ0) is 12.0. The fourth-order valence-corrected chi connectivity index (χ4v) is 2.19. The molecule has 4 nitrogen and oxygen atoms in total. The second-order valence-electron chi connectivity index (χ2n) is 4.74. The monoisotopic (exact) mass is 225 g/mol. The van der Waals surface area contributed by atoms with E-state index < -0.39 is 5.54 Å². The highest BCUT2D eigenvalue weighted by Crippen LogP contribution is 2.10. The number of rotatable bonds is 4. The molecular weight excluding hydrogens is 202 g/mol. The van der Waals surface area contributed by atoms with Crippen LogP contribution >= 0.6 is 0 Å². The molecular formula is C12H23N3O. The van der Waals surface area contributed by atoms with E-state index in [1.807, 2.05) is 13.8 Å². The molecule has 0 aromatic heterocycles. The lowest BCUT2D eigenvalue weighted by Crippen LogP contribution is -2.51. The van der Waals surface area contributed by atoms with Crippen LogP contribution < -0.4 is 5.32 Å². The van der Waals surface area contributed by atoms with Gasteiger partial charge in [0.15, 0.2) is 0 Å². The van der Waals surface area contributed by atoms with Crippen molar-refractivity contribution in [2.75, 3.05) is 32.8 Å². The van der Waals surface area contributed by atoms with Crippen molar-refractivity contribution in [1.82, 2.24) is 10.2 Å². The van der Waals surface area contributed by atoms with Crippen LogP contribution in [0.2, 0.25) is 0 Å². The fourth-order valence-electron chi connectivity index (χ4n) is 2.19. The highest BCUT2D eigenvalue weighted by Gasteiger charge is 2.27. The Morgan fingerprint density at radius 1 is 1.62 bits per heavy atom. The Morgan fingerprint density at radius 2 is 2.38 bits per heavy atom. The van der Waals surface area contributed by atoms with Crippen LogP contribution in [0, 0.1) is 11.3 Å². The van der Waals surface area contributed by atoms with Crippen molar-refractivity contribution in [2.24, 2.45) is 0 Å². The predicted octanol–water partition coefficient (Wildman–Crippen LogP) is 0.989. The molecule has 0 aromatic carbocycles. The molecule has 1 aliphatic heterocycles. The largest absolute Gasteiger partial charge is 0.377 e. The van der Waals surface area contributed by atoms with Crippen LogP contribution in [0.25, 0.3) is 0 Å². The van der Waals surface area contributed by atoms with E-state index in [4.69, 9.17) is 4.74 Å². The van der Waals surface area contributed by atoms with Gasteiger partial charge in [-0.15, -0.1) is 0 Å². The molecule has 0 saturated carbocycles. The van der Waals surface area contributed by atoms with Crippen LogP contribution in [0.15, 0.2) is 0 Å². The topological polar surface area (TPSA) is 48.3 Å². The van der Waals surface area contributed by atoms with Gasteiger partial charge in [-0.3, -0.25) is 10.2 Å². The summed E-state index contributed by atoms with van der Waals surface area (Å²) in [7, 11) is 0. The molecule has 1 fully saturated rings. The molecule has 0 bridgehead atoms. The zero-order valence-electron chi connectivity index (χ0n) is 10.6. The van der Waals surface area contributed by atoms with E-state index in [0.717, 1.165) is 39.2 Å². The van der Waals surface area contributed by atoms with Gasteiger partial charge in [0, 0.05) is 26.2 Å². The van der Waals surface area contributed by atoms with Gasteiger partial charge in [0.2, 0.25) is 0 Å². The Balaban J connectivity index is 2.53. The third-order valence-corrected chi connectivity index (χ3v) is 2.89. The van der Waals surface area contributed by atoms with Gasteiger partial charge in [-0.1, -0.05) is 6.92 Å². The van der Waals surface area contributed by atoms with Gasteiger partial charge in [0.25, 0.3) is 0 Å². The van der Waals surface area contributed by atoms with Crippen LogP contribution in [0.4, 0.5) is 0 Å². The Hall–Kier alpha value is -0.630. The third-order valence-electron chi connectivity index (χ3n) is 2.89. The van der Waals surface area contributed by atoms with Gasteiger partial charge >= 0.3 is 0 Å². The van der Waals surface area contributed by atoms with Crippen LogP contribution in [-0.4, -0.2) is 49.3 Å². The van der Waals surface area contributed by atoms with Crippen molar-refractivity contribution < 1.29 is 4.74 Å². The van der Waals surface area contributed by atoms with Gasteiger partial charge in [0.1, 0.15) is 5.54 Å². The fraction of sp³-hybridized carbons (Fsp3) is 0.917. The molecule has 1 N–H and O–H groups in total. The first kappa shape index (κ1) is 13.4. The molecule has 16 heavy (non-hydrogen) atoms. The third kappa shape index (κ3) is 4.09. The van der Waals surface area contributed by atoms with E-state index in [9.17, 15) is 5.26 Å². The summed E-state index contributed by atoms with van der Waals surface area (Å²) in [6.45, 7) is 10.5. The zero-order valence-corrected chi connectivity index (χ0v) is 10.6. The summed E-state index contributed by atoms with van der Waals surface area (Å²) in [6.07, 6.45) is 1.32. The molecule has 1 rings (SSSR count). The molecule has 0 radical (unpaired) electrons. The van der Waals surface area contributed by atoms with Crippen molar-refractivity contribution in [3.8, 4) is 6.07 Å². The molecule has 92 valence electrons. The van der Waals surface area contributed by atoms with E-state index in [2.05, 4.69) is 23.2 Å². The molecule has 0 spiro atoms. The van der Waals surface area contributed by atoms with Crippen molar-refractivity contribution in [3.05, 3.63) is 0 Å². The Bertz CT molecular complexity index is 251. The van der Waals surface area contributed by atoms with Crippen LogP contribution in [-0.2, 0) is 4.74 Å². The van der Waals surface area contributed by atoms with Crippen LogP contribution in [0.1, 0.15) is 27.2 Å². The Kier molecular flexibility index (Phi) is 5.20. The number of ether oxygens (including phenoxy) is 1. The van der Waals surface area contributed by atoms with Crippen molar-refractivity contribution in [1.29, 1.82) is 5.26 Å².